The van der Waals surface area contributed by atoms with Crippen LogP contribution in [0.5, 0.6) is 0 Å². The number of rotatable bonds is 4. The molecule has 13 heavy (non-hydrogen) atoms. The van der Waals surface area contributed by atoms with Gasteiger partial charge in [-0.25, -0.2) is 0 Å². The van der Waals surface area contributed by atoms with Crippen molar-refractivity contribution in [1.82, 2.24) is 10.3 Å². The predicted molar refractivity (Wildman–Crippen MR) is 57.7 cm³/mol. The van der Waals surface area contributed by atoms with Gasteiger partial charge in [-0.3, -0.25) is 4.98 Å². The van der Waals surface area contributed by atoms with Gasteiger partial charge in [-0.05, 0) is 31.0 Å². The Morgan fingerprint density at radius 1 is 1.62 bits per heavy atom. The second-order valence-corrected chi connectivity index (χ2v) is 3.55. The summed E-state index contributed by atoms with van der Waals surface area (Å²) in [6, 6.07) is 2.04. The summed E-state index contributed by atoms with van der Waals surface area (Å²) in [7, 11) is 1.94. The highest BCUT2D eigenvalue weighted by Gasteiger charge is 1.99. The Morgan fingerprint density at radius 3 is 3.15 bits per heavy atom. The summed E-state index contributed by atoms with van der Waals surface area (Å²) in [5, 5.41) is 5.20. The molecule has 0 atom stereocenters. The molecule has 0 aliphatic heterocycles. The fourth-order valence-electron chi connectivity index (χ4n) is 0.994. The Kier molecular flexibility index (Phi) is 4.57. The summed E-state index contributed by atoms with van der Waals surface area (Å²) < 4.78 is 0. The van der Waals surface area contributed by atoms with Crippen LogP contribution < -0.4 is 5.32 Å². The van der Waals surface area contributed by atoms with Crippen LogP contribution in [0.25, 0.3) is 0 Å². The normalized spacial score (nSPS) is 10.9. The molecule has 1 N–H and O–H groups in total. The zero-order valence-corrected chi connectivity index (χ0v) is 8.77. The van der Waals surface area contributed by atoms with Gasteiger partial charge >= 0.3 is 0 Å². The van der Waals surface area contributed by atoms with Crippen LogP contribution in [0.1, 0.15) is 12.5 Å². The largest absolute Gasteiger partial charge is 0.316 e. The number of thioether (sulfide) groups is 1. The molecule has 0 amide bonds. The minimum absolute atomic E-state index is 0.869. The molecular weight excluding hydrogens is 180 g/mol. The van der Waals surface area contributed by atoms with Crippen molar-refractivity contribution in [3.63, 3.8) is 0 Å². The van der Waals surface area contributed by atoms with Gasteiger partial charge in [-0.1, -0.05) is 17.8 Å². The third kappa shape index (κ3) is 3.20. The monoisotopic (exact) mass is 194 g/mol. The standard InChI is InChI=1S/C10H14N2S/c1-3-6-13-10-4-5-12-8-9(10)7-11-2/h3-6,8,11H,7H2,1-2H3/b6-3+. The van der Waals surface area contributed by atoms with E-state index in [4.69, 9.17) is 0 Å². The SMILES string of the molecule is C/C=C/Sc1ccncc1CNC. The second-order valence-electron chi connectivity index (χ2n) is 2.60. The smallest absolute Gasteiger partial charge is 0.0324 e. The summed E-state index contributed by atoms with van der Waals surface area (Å²) in [6.45, 7) is 2.89. The molecule has 0 saturated carbocycles. The average molecular weight is 194 g/mol. The van der Waals surface area contributed by atoms with Crippen LogP contribution in [0.4, 0.5) is 0 Å². The van der Waals surface area contributed by atoms with Crippen molar-refractivity contribution in [2.75, 3.05) is 7.05 Å². The molecule has 0 saturated heterocycles. The fourth-order valence-corrected chi connectivity index (χ4v) is 1.69. The first-order valence-electron chi connectivity index (χ1n) is 4.23. The molecule has 0 spiro atoms. The zero-order chi connectivity index (χ0) is 9.52. The lowest BCUT2D eigenvalue weighted by molar-refractivity contribution is 0.798. The van der Waals surface area contributed by atoms with Crippen LogP contribution in [0.2, 0.25) is 0 Å². The molecule has 0 unspecified atom stereocenters. The molecule has 0 bridgehead atoms. The number of aromatic nitrogens is 1. The van der Waals surface area contributed by atoms with Crippen molar-refractivity contribution in [3.05, 3.63) is 35.5 Å². The minimum atomic E-state index is 0.869. The van der Waals surface area contributed by atoms with Crippen LogP contribution in [-0.4, -0.2) is 12.0 Å². The molecular formula is C10H14N2S. The van der Waals surface area contributed by atoms with E-state index in [0.717, 1.165) is 6.54 Å². The van der Waals surface area contributed by atoms with Crippen molar-refractivity contribution in [1.29, 1.82) is 0 Å². The maximum absolute atomic E-state index is 4.09. The second kappa shape index (κ2) is 5.78. The van der Waals surface area contributed by atoms with Gasteiger partial charge in [0.15, 0.2) is 0 Å². The van der Waals surface area contributed by atoms with E-state index < -0.39 is 0 Å². The molecule has 0 aromatic carbocycles. The third-order valence-electron chi connectivity index (χ3n) is 1.56. The number of hydrogen-bond donors (Lipinski definition) is 1. The highest BCUT2D eigenvalue weighted by molar-refractivity contribution is 8.02. The van der Waals surface area contributed by atoms with Gasteiger partial charge in [-0.15, -0.1) is 0 Å². The van der Waals surface area contributed by atoms with Crippen LogP contribution in [0, 0.1) is 0 Å². The van der Waals surface area contributed by atoms with Crippen LogP contribution in [-0.2, 0) is 6.54 Å². The van der Waals surface area contributed by atoms with E-state index in [2.05, 4.69) is 15.7 Å². The Balaban J connectivity index is 2.77. The third-order valence-corrected chi connectivity index (χ3v) is 2.62. The maximum atomic E-state index is 4.09. The van der Waals surface area contributed by atoms with E-state index in [9.17, 15) is 0 Å². The molecule has 1 heterocycles. The fraction of sp³-hybridized carbons (Fsp3) is 0.300. The van der Waals surface area contributed by atoms with E-state index >= 15 is 0 Å². The van der Waals surface area contributed by atoms with Gasteiger partial charge < -0.3 is 5.32 Å². The quantitative estimate of drug-likeness (QED) is 0.745. The average Bonchev–Trinajstić information content (AvgIpc) is 2.17. The number of pyridine rings is 1. The molecule has 0 radical (unpaired) electrons. The number of nitrogens with zero attached hydrogens (tertiary/aromatic N) is 1. The van der Waals surface area contributed by atoms with Crippen molar-refractivity contribution in [2.24, 2.45) is 0 Å². The van der Waals surface area contributed by atoms with E-state index in [1.807, 2.05) is 38.5 Å². The van der Waals surface area contributed by atoms with Crippen LogP contribution >= 0.6 is 11.8 Å². The Hall–Kier alpha value is -0.800. The highest BCUT2D eigenvalue weighted by atomic mass is 32.2. The van der Waals surface area contributed by atoms with Gasteiger partial charge in [-0.2, -0.15) is 0 Å². The molecule has 0 aliphatic rings. The summed E-state index contributed by atoms with van der Waals surface area (Å²) >= 11 is 1.73. The van der Waals surface area contributed by atoms with E-state index in [1.54, 1.807) is 11.8 Å². The van der Waals surface area contributed by atoms with Crippen LogP contribution in [0.15, 0.2) is 34.8 Å². The summed E-state index contributed by atoms with van der Waals surface area (Å²) in [5.41, 5.74) is 1.24. The topological polar surface area (TPSA) is 24.9 Å². The molecule has 3 heteroatoms. The zero-order valence-electron chi connectivity index (χ0n) is 7.95. The van der Waals surface area contributed by atoms with Gasteiger partial charge in [0.1, 0.15) is 0 Å². The van der Waals surface area contributed by atoms with E-state index in [-0.39, 0.29) is 0 Å². The predicted octanol–water partition coefficient (Wildman–Crippen LogP) is 2.43. The van der Waals surface area contributed by atoms with Gasteiger partial charge in [0.2, 0.25) is 0 Å². The van der Waals surface area contributed by atoms with Gasteiger partial charge in [0.25, 0.3) is 0 Å². The number of hydrogen-bond acceptors (Lipinski definition) is 3. The lowest BCUT2D eigenvalue weighted by Crippen LogP contribution is -2.06. The van der Waals surface area contributed by atoms with Crippen molar-refractivity contribution in [2.45, 2.75) is 18.4 Å². The van der Waals surface area contributed by atoms with Gasteiger partial charge in [0, 0.05) is 23.8 Å². The number of nitrogens with one attached hydrogen (secondary N) is 1. The van der Waals surface area contributed by atoms with E-state index in [0.29, 0.717) is 0 Å². The van der Waals surface area contributed by atoms with Crippen LogP contribution in [0.3, 0.4) is 0 Å². The first-order valence-corrected chi connectivity index (χ1v) is 5.11. The lowest BCUT2D eigenvalue weighted by Gasteiger charge is -2.04. The van der Waals surface area contributed by atoms with Crippen molar-refractivity contribution < 1.29 is 0 Å². The number of allylic oxidation sites excluding steroid dienone is 1. The Bertz CT molecular complexity index is 284. The van der Waals surface area contributed by atoms with Gasteiger partial charge in [0.05, 0.1) is 0 Å². The molecule has 0 fully saturated rings. The highest BCUT2D eigenvalue weighted by Crippen LogP contribution is 2.22. The summed E-state index contributed by atoms with van der Waals surface area (Å²) in [5.74, 6) is 0. The molecule has 2 nitrogen and oxygen atoms in total. The molecule has 0 aliphatic carbocycles. The maximum Gasteiger partial charge on any atom is 0.0324 e. The molecule has 1 aromatic heterocycles. The molecule has 1 rings (SSSR count). The summed E-state index contributed by atoms with van der Waals surface area (Å²) in [4.78, 5) is 5.36. The van der Waals surface area contributed by atoms with Crippen molar-refractivity contribution >= 4 is 11.8 Å². The van der Waals surface area contributed by atoms with Crippen molar-refractivity contribution in [3.8, 4) is 0 Å². The van der Waals surface area contributed by atoms with E-state index in [1.165, 1.54) is 10.5 Å². The molecule has 1 aromatic rings. The minimum Gasteiger partial charge on any atom is -0.316 e. The summed E-state index contributed by atoms with van der Waals surface area (Å²) in [6.07, 6.45) is 5.77. The first-order chi connectivity index (χ1) is 6.38. The molecule has 70 valence electrons. The Morgan fingerprint density at radius 2 is 2.46 bits per heavy atom. The Labute approximate surface area is 83.5 Å². The first kappa shape index (κ1) is 10.3. The lowest BCUT2D eigenvalue weighted by atomic mass is 10.3.